The maximum Gasteiger partial charge on any atom is 0.212 e. The van der Waals surface area contributed by atoms with E-state index < -0.39 is 0 Å². The molecule has 0 bridgehead atoms. The van der Waals surface area contributed by atoms with Gasteiger partial charge in [0.05, 0.1) is 54.1 Å². The van der Waals surface area contributed by atoms with Crippen LogP contribution < -0.4 is 28.4 Å². The molecule has 0 atom stereocenters. The molecular weight excluding hydrogens is 809 g/mol. The van der Waals surface area contributed by atoms with Crippen molar-refractivity contribution in [1.29, 1.82) is 0 Å². The highest BCUT2D eigenvalue weighted by molar-refractivity contribution is 9.10. The summed E-state index contributed by atoms with van der Waals surface area (Å²) in [5, 5.41) is 28.3. The Kier molecular flexibility index (Phi) is 11.6. The van der Waals surface area contributed by atoms with E-state index in [-0.39, 0.29) is 0 Å². The molecule has 4 aromatic carbocycles. The van der Waals surface area contributed by atoms with Gasteiger partial charge in [-0.2, -0.15) is 19.6 Å². The van der Waals surface area contributed by atoms with E-state index in [1.165, 1.54) is 0 Å². The Bertz CT molecular complexity index is 2350. The van der Waals surface area contributed by atoms with Crippen LogP contribution in [0.3, 0.4) is 0 Å². The summed E-state index contributed by atoms with van der Waals surface area (Å²) >= 11 is 6.72. The minimum atomic E-state index is 0.528. The summed E-state index contributed by atoms with van der Waals surface area (Å²) in [5.74, 6) is 5.97. The number of benzene rings is 4. The lowest BCUT2D eigenvalue weighted by molar-refractivity contribution is 0.324. The smallest absolute Gasteiger partial charge is 0.212 e. The highest BCUT2D eigenvalue weighted by Crippen LogP contribution is 2.43. The third-order valence-corrected chi connectivity index (χ3v) is 10.8. The predicted octanol–water partition coefficient (Wildman–Crippen LogP) is 7.42. The Morgan fingerprint density at radius 2 is 0.927 bits per heavy atom. The Labute approximate surface area is 334 Å². The number of halogens is 1. The Morgan fingerprint density at radius 1 is 0.491 bits per heavy atom. The lowest BCUT2D eigenvalue weighted by Crippen LogP contribution is -2.13. The average molecular weight is 844 g/mol. The average Bonchev–Trinajstić information content (AvgIpc) is 3.87. The van der Waals surface area contributed by atoms with E-state index >= 15 is 0 Å². The van der Waals surface area contributed by atoms with Gasteiger partial charge in [-0.3, -0.25) is 0 Å². The largest absolute Gasteiger partial charge is 0.493 e. The zero-order chi connectivity index (χ0) is 38.5. The van der Waals surface area contributed by atoms with E-state index in [1.54, 1.807) is 75.5 Å². The topological polar surface area (TPSA) is 142 Å². The highest BCUT2D eigenvalue weighted by atomic mass is 79.9. The van der Waals surface area contributed by atoms with Gasteiger partial charge in [-0.15, -0.1) is 20.4 Å². The molecule has 17 heteroatoms. The molecule has 0 saturated carbocycles. The van der Waals surface area contributed by atoms with Crippen LogP contribution in [-0.4, -0.2) is 95.3 Å². The lowest BCUT2D eigenvalue weighted by atomic mass is 10.1. The second-order valence-electron chi connectivity index (χ2n) is 11.6. The first kappa shape index (κ1) is 37.8. The van der Waals surface area contributed by atoms with Crippen molar-refractivity contribution in [2.75, 3.05) is 54.2 Å². The number of hydrogen-bond acceptors (Lipinski definition) is 14. The van der Waals surface area contributed by atoms with Crippen molar-refractivity contribution in [3.63, 3.8) is 0 Å². The third kappa shape index (κ3) is 7.72. The summed E-state index contributed by atoms with van der Waals surface area (Å²) in [6, 6.07) is 25.5. The van der Waals surface area contributed by atoms with E-state index in [0.29, 0.717) is 46.1 Å². The first-order valence-electron chi connectivity index (χ1n) is 16.6. The summed E-state index contributed by atoms with van der Waals surface area (Å²) in [6.45, 7) is 0. The fraction of sp³-hybridized carbons (Fsp3) is 0.211. The van der Waals surface area contributed by atoms with Gasteiger partial charge in [0.25, 0.3) is 0 Å². The van der Waals surface area contributed by atoms with Crippen LogP contribution in [0.15, 0.2) is 104 Å². The summed E-state index contributed by atoms with van der Waals surface area (Å²) < 4.78 is 37.1. The minimum Gasteiger partial charge on any atom is -0.493 e. The fourth-order valence-electron chi connectivity index (χ4n) is 5.82. The summed E-state index contributed by atoms with van der Waals surface area (Å²) in [5.41, 5.74) is 5.61. The van der Waals surface area contributed by atoms with Crippen LogP contribution in [0.25, 0.3) is 22.8 Å². The molecule has 0 spiro atoms. The van der Waals surface area contributed by atoms with Crippen molar-refractivity contribution < 1.29 is 28.4 Å². The molecule has 8 rings (SSSR count). The lowest BCUT2D eigenvalue weighted by Gasteiger charge is -2.16. The normalized spacial score (nSPS) is 12.9. The van der Waals surface area contributed by atoms with E-state index in [2.05, 4.69) is 36.3 Å². The van der Waals surface area contributed by atoms with E-state index in [4.69, 9.17) is 38.6 Å². The van der Waals surface area contributed by atoms with E-state index in [1.807, 2.05) is 78.9 Å². The molecule has 0 saturated heterocycles. The SMILES string of the molecule is COc1cc(-c2nnc3n2N=C(c2cccc(Br)c2)CS3)cc(OC)c1OC.COc1cc(-c2nnc3n2N=C(c2ccccc2)CS3)cc(OC)c1OC. The third-order valence-electron chi connectivity index (χ3n) is 8.45. The molecule has 0 radical (unpaired) electrons. The molecule has 0 unspecified atom stereocenters. The van der Waals surface area contributed by atoms with Gasteiger partial charge in [-0.25, -0.2) is 0 Å². The van der Waals surface area contributed by atoms with Gasteiger partial charge in [0.1, 0.15) is 0 Å². The van der Waals surface area contributed by atoms with Crippen molar-refractivity contribution in [2.45, 2.75) is 10.3 Å². The zero-order valence-electron chi connectivity index (χ0n) is 30.6. The first-order valence-corrected chi connectivity index (χ1v) is 19.4. The van der Waals surface area contributed by atoms with Gasteiger partial charge in [0.15, 0.2) is 34.6 Å². The zero-order valence-corrected chi connectivity index (χ0v) is 33.9. The summed E-state index contributed by atoms with van der Waals surface area (Å²) in [6.07, 6.45) is 0. The molecule has 282 valence electrons. The molecule has 2 aliphatic rings. The van der Waals surface area contributed by atoms with Crippen LogP contribution in [0.1, 0.15) is 11.1 Å². The molecule has 2 aliphatic heterocycles. The molecule has 0 amide bonds. The molecule has 0 aliphatic carbocycles. The van der Waals surface area contributed by atoms with Gasteiger partial charge in [0.2, 0.25) is 21.8 Å². The van der Waals surface area contributed by atoms with Crippen LogP contribution in [0.4, 0.5) is 0 Å². The molecule has 14 nitrogen and oxygen atoms in total. The molecule has 0 fully saturated rings. The van der Waals surface area contributed by atoms with Crippen LogP contribution in [0.2, 0.25) is 0 Å². The van der Waals surface area contributed by atoms with Gasteiger partial charge in [-0.05, 0) is 47.5 Å². The quantitative estimate of drug-likeness (QED) is 0.136. The van der Waals surface area contributed by atoms with E-state index in [0.717, 1.165) is 60.0 Å². The van der Waals surface area contributed by atoms with Crippen LogP contribution in [0.5, 0.6) is 34.5 Å². The number of methoxy groups -OCH3 is 6. The van der Waals surface area contributed by atoms with Crippen molar-refractivity contribution in [2.24, 2.45) is 10.2 Å². The maximum atomic E-state index is 5.46. The number of thioether (sulfide) groups is 2. The Balaban J connectivity index is 0.000000169. The fourth-order valence-corrected chi connectivity index (χ4v) is 7.89. The Morgan fingerprint density at radius 3 is 1.35 bits per heavy atom. The molecule has 6 aromatic rings. The Hall–Kier alpha value is -5.52. The number of fused-ring (bicyclic) bond motifs is 2. The van der Waals surface area contributed by atoms with Crippen molar-refractivity contribution in [3.05, 3.63) is 94.5 Å². The van der Waals surface area contributed by atoms with Crippen LogP contribution >= 0.6 is 39.5 Å². The molecular formula is C38H35BrN8O6S2. The van der Waals surface area contributed by atoms with Crippen molar-refractivity contribution in [1.82, 2.24) is 29.7 Å². The molecule has 2 aromatic heterocycles. The molecule has 55 heavy (non-hydrogen) atoms. The van der Waals surface area contributed by atoms with Gasteiger partial charge in [-0.1, -0.05) is 81.9 Å². The van der Waals surface area contributed by atoms with Crippen LogP contribution in [-0.2, 0) is 0 Å². The van der Waals surface area contributed by atoms with Crippen molar-refractivity contribution in [3.8, 4) is 57.3 Å². The number of hydrogen-bond donors (Lipinski definition) is 0. The van der Waals surface area contributed by atoms with Crippen LogP contribution in [0, 0.1) is 0 Å². The standard InChI is InChI=1S/C19H17BrN4O3S.C19H18N4O3S/c1-25-15-8-12(9-16(26-2)17(15)27-3)18-21-22-19-24(18)23-14(10-28-19)11-5-4-6-13(20)7-11;1-24-15-9-13(10-16(25-2)17(15)26-3)18-20-21-19-23(18)22-14(11-27-19)12-7-5-4-6-8-12/h4-9H,10H2,1-3H3;4-10H,11H2,1-3H3. The maximum absolute atomic E-state index is 5.46. The van der Waals surface area contributed by atoms with Gasteiger partial charge < -0.3 is 28.4 Å². The predicted molar refractivity (Wildman–Crippen MR) is 216 cm³/mol. The molecule has 4 heterocycles. The second kappa shape index (κ2) is 16.9. The van der Waals surface area contributed by atoms with E-state index in [9.17, 15) is 0 Å². The minimum absolute atomic E-state index is 0.528. The number of aromatic nitrogens is 6. The van der Waals surface area contributed by atoms with Crippen molar-refractivity contribution >= 4 is 50.9 Å². The summed E-state index contributed by atoms with van der Waals surface area (Å²) in [4.78, 5) is 0. The number of nitrogens with zero attached hydrogens (tertiary/aromatic N) is 8. The first-order chi connectivity index (χ1) is 26.9. The monoisotopic (exact) mass is 842 g/mol. The van der Waals surface area contributed by atoms with Gasteiger partial charge in [0, 0.05) is 27.1 Å². The second-order valence-corrected chi connectivity index (χ2v) is 14.4. The summed E-state index contributed by atoms with van der Waals surface area (Å²) in [7, 11) is 9.49. The van der Waals surface area contributed by atoms with Gasteiger partial charge >= 0.3 is 0 Å². The number of ether oxygens (including phenoxy) is 6. The molecule has 0 N–H and O–H groups in total. The highest BCUT2D eigenvalue weighted by Gasteiger charge is 2.25. The number of rotatable bonds is 10.